The van der Waals surface area contributed by atoms with Crippen LogP contribution >= 0.6 is 0 Å². The van der Waals surface area contributed by atoms with Crippen LogP contribution in [0.5, 0.6) is 0 Å². The van der Waals surface area contributed by atoms with Crippen molar-refractivity contribution in [3.05, 3.63) is 0 Å². The lowest BCUT2D eigenvalue weighted by atomic mass is 9.88. The molecule has 1 rings (SSSR count). The number of piperidine rings is 1. The highest BCUT2D eigenvalue weighted by Crippen LogP contribution is 2.24. The van der Waals surface area contributed by atoms with E-state index in [1.807, 2.05) is 4.90 Å². The predicted octanol–water partition coefficient (Wildman–Crippen LogP) is 2.01. The summed E-state index contributed by atoms with van der Waals surface area (Å²) in [6.45, 7) is 10.2. The molecule has 1 aliphatic heterocycles. The molecule has 1 atom stereocenters. The molecule has 3 nitrogen and oxygen atoms in total. The van der Waals surface area contributed by atoms with E-state index in [0.717, 1.165) is 25.9 Å². The van der Waals surface area contributed by atoms with Gasteiger partial charge in [0.05, 0.1) is 0 Å². The predicted molar refractivity (Wildman–Crippen MR) is 67.0 cm³/mol. The van der Waals surface area contributed by atoms with Crippen LogP contribution in [0.25, 0.3) is 0 Å². The van der Waals surface area contributed by atoms with Gasteiger partial charge in [0.15, 0.2) is 0 Å². The zero-order valence-corrected chi connectivity index (χ0v) is 11.1. The highest BCUT2D eigenvalue weighted by molar-refractivity contribution is 5.76. The van der Waals surface area contributed by atoms with Crippen LogP contribution in [0.1, 0.15) is 47.0 Å². The van der Waals surface area contributed by atoms with Crippen LogP contribution in [0.3, 0.4) is 0 Å². The van der Waals surface area contributed by atoms with E-state index in [4.69, 9.17) is 5.73 Å². The van der Waals surface area contributed by atoms with Gasteiger partial charge in [-0.1, -0.05) is 20.8 Å². The van der Waals surface area contributed by atoms with Crippen LogP contribution in [0.15, 0.2) is 0 Å². The summed E-state index contributed by atoms with van der Waals surface area (Å²) in [5.41, 5.74) is 5.98. The Balaban J connectivity index is 2.39. The quantitative estimate of drug-likeness (QED) is 0.783. The van der Waals surface area contributed by atoms with Crippen molar-refractivity contribution in [2.45, 2.75) is 53.0 Å². The maximum atomic E-state index is 12.0. The zero-order valence-electron chi connectivity index (χ0n) is 11.1. The van der Waals surface area contributed by atoms with Crippen LogP contribution in [-0.2, 0) is 4.79 Å². The first-order valence-electron chi connectivity index (χ1n) is 6.33. The summed E-state index contributed by atoms with van der Waals surface area (Å²) in [6, 6.07) is 0.264. The summed E-state index contributed by atoms with van der Waals surface area (Å²) >= 11 is 0. The lowest BCUT2D eigenvalue weighted by Gasteiger charge is -2.35. The van der Waals surface area contributed by atoms with E-state index in [1.165, 1.54) is 0 Å². The molecule has 1 saturated heterocycles. The summed E-state index contributed by atoms with van der Waals surface area (Å²) in [7, 11) is 0. The molecule has 1 heterocycles. The second kappa shape index (κ2) is 5.17. The monoisotopic (exact) mass is 226 g/mol. The molecule has 0 aromatic carbocycles. The Morgan fingerprint density at radius 1 is 1.38 bits per heavy atom. The molecule has 3 heteroatoms. The smallest absolute Gasteiger partial charge is 0.223 e. The molecule has 0 aromatic rings. The fraction of sp³-hybridized carbons (Fsp3) is 0.923. The number of hydrogen-bond acceptors (Lipinski definition) is 2. The highest BCUT2D eigenvalue weighted by atomic mass is 16.2. The summed E-state index contributed by atoms with van der Waals surface area (Å²) < 4.78 is 0. The number of carbonyl (C=O) groups is 1. The molecule has 0 spiro atoms. The number of amides is 1. The largest absolute Gasteiger partial charge is 0.343 e. The third-order valence-electron chi connectivity index (χ3n) is 3.32. The third kappa shape index (κ3) is 4.12. The maximum absolute atomic E-state index is 12.0. The van der Waals surface area contributed by atoms with Crippen LogP contribution in [0.2, 0.25) is 0 Å². The van der Waals surface area contributed by atoms with Gasteiger partial charge in [0, 0.05) is 25.6 Å². The molecule has 94 valence electrons. The average molecular weight is 226 g/mol. The standard InChI is InChI=1S/C13H26N2O/c1-10(14)11-5-7-15(8-6-11)12(16)9-13(2,3)4/h10-11H,5-9,14H2,1-4H3. The molecular weight excluding hydrogens is 200 g/mol. The topological polar surface area (TPSA) is 46.3 Å². The van der Waals surface area contributed by atoms with E-state index in [9.17, 15) is 4.79 Å². The lowest BCUT2D eigenvalue weighted by molar-refractivity contribution is -0.134. The minimum atomic E-state index is 0.0924. The molecule has 2 N–H and O–H groups in total. The first-order valence-corrected chi connectivity index (χ1v) is 6.33. The number of rotatable bonds is 2. The summed E-state index contributed by atoms with van der Waals surface area (Å²) in [6.07, 6.45) is 2.77. The Morgan fingerprint density at radius 3 is 2.25 bits per heavy atom. The Morgan fingerprint density at radius 2 is 1.88 bits per heavy atom. The van der Waals surface area contributed by atoms with E-state index >= 15 is 0 Å². The minimum absolute atomic E-state index is 0.0924. The van der Waals surface area contributed by atoms with Crippen molar-refractivity contribution in [1.29, 1.82) is 0 Å². The van der Waals surface area contributed by atoms with Gasteiger partial charge in [-0.2, -0.15) is 0 Å². The van der Waals surface area contributed by atoms with Gasteiger partial charge in [-0.05, 0) is 31.1 Å². The van der Waals surface area contributed by atoms with Gasteiger partial charge in [0.1, 0.15) is 0 Å². The number of hydrogen-bond donors (Lipinski definition) is 1. The van der Waals surface area contributed by atoms with E-state index in [1.54, 1.807) is 0 Å². The third-order valence-corrected chi connectivity index (χ3v) is 3.32. The van der Waals surface area contributed by atoms with Crippen molar-refractivity contribution in [2.75, 3.05) is 13.1 Å². The Hall–Kier alpha value is -0.570. The van der Waals surface area contributed by atoms with Crippen LogP contribution < -0.4 is 5.73 Å². The minimum Gasteiger partial charge on any atom is -0.343 e. The number of carbonyl (C=O) groups excluding carboxylic acids is 1. The molecule has 0 radical (unpaired) electrons. The maximum Gasteiger partial charge on any atom is 0.223 e. The van der Waals surface area contributed by atoms with E-state index < -0.39 is 0 Å². The van der Waals surface area contributed by atoms with E-state index in [-0.39, 0.29) is 11.5 Å². The van der Waals surface area contributed by atoms with Crippen LogP contribution in [-0.4, -0.2) is 29.9 Å². The molecule has 0 aliphatic carbocycles. The number of likely N-dealkylation sites (tertiary alicyclic amines) is 1. The van der Waals surface area contributed by atoms with Crippen molar-refractivity contribution in [3.63, 3.8) is 0 Å². The summed E-state index contributed by atoms with van der Waals surface area (Å²) in [4.78, 5) is 14.0. The fourth-order valence-electron chi connectivity index (χ4n) is 2.24. The normalized spacial score (nSPS) is 20.9. The van der Waals surface area contributed by atoms with Gasteiger partial charge in [-0.25, -0.2) is 0 Å². The Labute approximate surface area is 99.4 Å². The van der Waals surface area contributed by atoms with Crippen molar-refractivity contribution in [1.82, 2.24) is 4.90 Å². The van der Waals surface area contributed by atoms with Crippen molar-refractivity contribution >= 4 is 5.91 Å². The molecule has 16 heavy (non-hydrogen) atoms. The first kappa shape index (κ1) is 13.5. The van der Waals surface area contributed by atoms with Crippen LogP contribution in [0.4, 0.5) is 0 Å². The second-order valence-corrected chi connectivity index (χ2v) is 6.31. The van der Waals surface area contributed by atoms with Gasteiger partial charge in [-0.3, -0.25) is 4.79 Å². The molecule has 0 bridgehead atoms. The van der Waals surface area contributed by atoms with Gasteiger partial charge < -0.3 is 10.6 Å². The van der Waals surface area contributed by atoms with Gasteiger partial charge in [-0.15, -0.1) is 0 Å². The summed E-state index contributed by atoms with van der Waals surface area (Å²) in [5.74, 6) is 0.898. The molecule has 1 fully saturated rings. The second-order valence-electron chi connectivity index (χ2n) is 6.31. The lowest BCUT2D eigenvalue weighted by Crippen LogP contribution is -2.43. The molecule has 0 saturated carbocycles. The number of nitrogens with two attached hydrogens (primary N) is 1. The molecule has 1 aliphatic rings. The molecule has 1 unspecified atom stereocenters. The fourth-order valence-corrected chi connectivity index (χ4v) is 2.24. The zero-order chi connectivity index (χ0) is 12.3. The SMILES string of the molecule is CC(N)C1CCN(C(=O)CC(C)(C)C)CC1. The van der Waals surface area contributed by atoms with Gasteiger partial charge >= 0.3 is 0 Å². The first-order chi connectivity index (χ1) is 7.29. The molecule has 1 amide bonds. The van der Waals surface area contributed by atoms with Gasteiger partial charge in [0.2, 0.25) is 5.91 Å². The Kier molecular flexibility index (Phi) is 4.36. The van der Waals surface area contributed by atoms with E-state index in [2.05, 4.69) is 27.7 Å². The highest BCUT2D eigenvalue weighted by Gasteiger charge is 2.26. The van der Waals surface area contributed by atoms with E-state index in [0.29, 0.717) is 18.2 Å². The molecule has 0 aromatic heterocycles. The van der Waals surface area contributed by atoms with Crippen molar-refractivity contribution in [3.8, 4) is 0 Å². The Bertz CT molecular complexity index is 235. The van der Waals surface area contributed by atoms with Crippen molar-refractivity contribution in [2.24, 2.45) is 17.1 Å². The number of nitrogens with zero attached hydrogens (tertiary/aromatic N) is 1. The van der Waals surface area contributed by atoms with Crippen molar-refractivity contribution < 1.29 is 4.79 Å². The molecular formula is C13H26N2O. The summed E-state index contributed by atoms with van der Waals surface area (Å²) in [5, 5.41) is 0. The van der Waals surface area contributed by atoms with Gasteiger partial charge in [0.25, 0.3) is 0 Å². The average Bonchev–Trinajstić information content (AvgIpc) is 2.15. The van der Waals surface area contributed by atoms with Crippen LogP contribution in [0, 0.1) is 11.3 Å².